The van der Waals surface area contributed by atoms with E-state index in [0.717, 1.165) is 16.7 Å². The molecule has 0 heterocycles. The van der Waals surface area contributed by atoms with Crippen molar-refractivity contribution >= 4 is 29.1 Å². The summed E-state index contributed by atoms with van der Waals surface area (Å²) in [5, 5.41) is 4.10. The predicted octanol–water partition coefficient (Wildman–Crippen LogP) is 5.83. The molecular formula is C22H19Cl2NO. The Bertz CT molecular complexity index is 826. The zero-order valence-corrected chi connectivity index (χ0v) is 15.7. The van der Waals surface area contributed by atoms with Crippen molar-refractivity contribution in [2.24, 2.45) is 0 Å². The monoisotopic (exact) mass is 383 g/mol. The summed E-state index contributed by atoms with van der Waals surface area (Å²) in [5.41, 5.74) is 3.09. The summed E-state index contributed by atoms with van der Waals surface area (Å²) >= 11 is 12.1. The Balaban J connectivity index is 1.71. The van der Waals surface area contributed by atoms with Crippen LogP contribution in [-0.4, -0.2) is 5.91 Å². The Morgan fingerprint density at radius 3 is 1.96 bits per heavy atom. The molecule has 0 aromatic heterocycles. The minimum atomic E-state index is -0.0197. The second-order valence-corrected chi connectivity index (χ2v) is 6.93. The Hall–Kier alpha value is -2.29. The molecule has 3 aromatic carbocycles. The van der Waals surface area contributed by atoms with Crippen molar-refractivity contribution in [1.82, 2.24) is 5.32 Å². The maximum Gasteiger partial charge on any atom is 0.221 e. The van der Waals surface area contributed by atoms with Crippen LogP contribution in [0, 0.1) is 0 Å². The number of amides is 1. The zero-order valence-electron chi connectivity index (χ0n) is 14.2. The highest BCUT2D eigenvalue weighted by atomic mass is 35.5. The molecule has 1 N–H and O–H groups in total. The smallest absolute Gasteiger partial charge is 0.221 e. The number of hydrogen-bond acceptors (Lipinski definition) is 1. The molecule has 132 valence electrons. The molecule has 0 unspecified atom stereocenters. The van der Waals surface area contributed by atoms with Gasteiger partial charge in [-0.25, -0.2) is 0 Å². The number of carbonyl (C=O) groups excluding carboxylic acids is 1. The standard InChI is InChI=1S/C22H19Cl2NO/c23-19-12-11-18(21(24)13-19)15-25-22(26)14-20(16-7-3-1-4-8-16)17-9-5-2-6-10-17/h1-13,20H,14-15H2,(H,25,26). The summed E-state index contributed by atoms with van der Waals surface area (Å²) in [6.45, 7) is 0.380. The van der Waals surface area contributed by atoms with Gasteiger partial charge in [-0.3, -0.25) is 4.79 Å². The normalized spacial score (nSPS) is 10.7. The molecule has 3 rings (SSSR count). The van der Waals surface area contributed by atoms with E-state index >= 15 is 0 Å². The summed E-state index contributed by atoms with van der Waals surface area (Å²) in [5.74, 6) is -0.00758. The first-order valence-electron chi connectivity index (χ1n) is 8.44. The lowest BCUT2D eigenvalue weighted by molar-refractivity contribution is -0.121. The molecule has 0 saturated heterocycles. The molecule has 0 aliphatic rings. The predicted molar refractivity (Wildman–Crippen MR) is 108 cm³/mol. The number of benzene rings is 3. The second-order valence-electron chi connectivity index (χ2n) is 6.09. The lowest BCUT2D eigenvalue weighted by atomic mass is 9.88. The minimum Gasteiger partial charge on any atom is -0.352 e. The number of nitrogens with one attached hydrogen (secondary N) is 1. The molecule has 1 amide bonds. The molecule has 0 bridgehead atoms. The summed E-state index contributed by atoms with van der Waals surface area (Å²) < 4.78 is 0. The van der Waals surface area contributed by atoms with E-state index < -0.39 is 0 Å². The second kappa shape index (κ2) is 8.88. The van der Waals surface area contributed by atoms with Crippen LogP contribution < -0.4 is 5.32 Å². The maximum absolute atomic E-state index is 12.6. The number of rotatable bonds is 6. The molecular weight excluding hydrogens is 365 g/mol. The van der Waals surface area contributed by atoms with Gasteiger partial charge in [0.15, 0.2) is 0 Å². The lowest BCUT2D eigenvalue weighted by Crippen LogP contribution is -2.25. The average Bonchev–Trinajstić information content (AvgIpc) is 2.67. The highest BCUT2D eigenvalue weighted by Crippen LogP contribution is 2.28. The minimum absolute atomic E-state index is 0.0121. The van der Waals surface area contributed by atoms with Gasteiger partial charge in [-0.05, 0) is 28.8 Å². The largest absolute Gasteiger partial charge is 0.352 e. The van der Waals surface area contributed by atoms with Crippen molar-refractivity contribution in [1.29, 1.82) is 0 Å². The van der Waals surface area contributed by atoms with Crippen LogP contribution >= 0.6 is 23.2 Å². The van der Waals surface area contributed by atoms with E-state index in [1.807, 2.05) is 42.5 Å². The molecule has 2 nitrogen and oxygen atoms in total. The topological polar surface area (TPSA) is 29.1 Å². The van der Waals surface area contributed by atoms with Crippen LogP contribution in [0.4, 0.5) is 0 Å². The zero-order chi connectivity index (χ0) is 18.4. The number of halogens is 2. The van der Waals surface area contributed by atoms with Gasteiger partial charge in [-0.1, -0.05) is 89.9 Å². The molecule has 0 atom stereocenters. The fraction of sp³-hybridized carbons (Fsp3) is 0.136. The summed E-state index contributed by atoms with van der Waals surface area (Å²) in [6, 6.07) is 25.5. The Labute approximate surface area is 163 Å². The van der Waals surface area contributed by atoms with Crippen LogP contribution in [0.1, 0.15) is 29.0 Å². The van der Waals surface area contributed by atoms with Gasteiger partial charge < -0.3 is 5.32 Å². The highest BCUT2D eigenvalue weighted by Gasteiger charge is 2.18. The van der Waals surface area contributed by atoms with Crippen molar-refractivity contribution in [2.75, 3.05) is 0 Å². The van der Waals surface area contributed by atoms with Gasteiger partial charge in [0.05, 0.1) is 0 Å². The molecule has 4 heteroatoms. The SMILES string of the molecule is O=C(CC(c1ccccc1)c1ccccc1)NCc1ccc(Cl)cc1Cl. The van der Waals surface area contributed by atoms with Crippen LogP contribution in [0.25, 0.3) is 0 Å². The summed E-state index contributed by atoms with van der Waals surface area (Å²) in [6.07, 6.45) is 0.374. The molecule has 3 aromatic rings. The van der Waals surface area contributed by atoms with Gasteiger partial charge in [0, 0.05) is 28.9 Å². The first-order valence-corrected chi connectivity index (χ1v) is 9.19. The molecule has 0 aliphatic heterocycles. The third-order valence-electron chi connectivity index (χ3n) is 4.28. The third kappa shape index (κ3) is 4.87. The van der Waals surface area contributed by atoms with Crippen LogP contribution in [0.3, 0.4) is 0 Å². The number of hydrogen-bond donors (Lipinski definition) is 1. The van der Waals surface area contributed by atoms with Gasteiger partial charge in [-0.15, -0.1) is 0 Å². The molecule has 0 fully saturated rings. The fourth-order valence-corrected chi connectivity index (χ4v) is 3.39. The van der Waals surface area contributed by atoms with Crippen molar-refractivity contribution in [2.45, 2.75) is 18.9 Å². The van der Waals surface area contributed by atoms with Gasteiger partial charge in [-0.2, -0.15) is 0 Å². The average molecular weight is 384 g/mol. The van der Waals surface area contributed by atoms with E-state index in [0.29, 0.717) is 23.0 Å². The molecule has 26 heavy (non-hydrogen) atoms. The Kier molecular flexibility index (Phi) is 6.32. The van der Waals surface area contributed by atoms with Gasteiger partial charge in [0.25, 0.3) is 0 Å². The van der Waals surface area contributed by atoms with E-state index in [-0.39, 0.29) is 11.8 Å². The highest BCUT2D eigenvalue weighted by molar-refractivity contribution is 6.35. The van der Waals surface area contributed by atoms with E-state index in [4.69, 9.17) is 23.2 Å². The maximum atomic E-state index is 12.6. The van der Waals surface area contributed by atoms with Gasteiger partial charge in [0.2, 0.25) is 5.91 Å². The van der Waals surface area contributed by atoms with Crippen LogP contribution in [0.5, 0.6) is 0 Å². The first kappa shape index (κ1) is 18.5. The van der Waals surface area contributed by atoms with Crippen molar-refractivity contribution < 1.29 is 4.79 Å². The first-order chi connectivity index (χ1) is 12.6. The van der Waals surface area contributed by atoms with Crippen molar-refractivity contribution in [3.63, 3.8) is 0 Å². The van der Waals surface area contributed by atoms with E-state index in [2.05, 4.69) is 29.6 Å². The van der Waals surface area contributed by atoms with Crippen molar-refractivity contribution in [3.05, 3.63) is 106 Å². The molecule has 0 aliphatic carbocycles. The van der Waals surface area contributed by atoms with Gasteiger partial charge >= 0.3 is 0 Å². The third-order valence-corrected chi connectivity index (χ3v) is 4.87. The molecule has 0 spiro atoms. The summed E-state index contributed by atoms with van der Waals surface area (Å²) in [4.78, 5) is 12.6. The number of carbonyl (C=O) groups is 1. The Morgan fingerprint density at radius 1 is 0.846 bits per heavy atom. The molecule has 0 saturated carbocycles. The van der Waals surface area contributed by atoms with Gasteiger partial charge in [0.1, 0.15) is 0 Å². The quantitative estimate of drug-likeness (QED) is 0.569. The van der Waals surface area contributed by atoms with Crippen LogP contribution in [0.2, 0.25) is 10.0 Å². The van der Waals surface area contributed by atoms with E-state index in [1.54, 1.807) is 12.1 Å². The Morgan fingerprint density at radius 2 is 1.42 bits per heavy atom. The van der Waals surface area contributed by atoms with E-state index in [1.165, 1.54) is 0 Å². The van der Waals surface area contributed by atoms with Crippen LogP contribution in [-0.2, 0) is 11.3 Å². The molecule has 0 radical (unpaired) electrons. The summed E-state index contributed by atoms with van der Waals surface area (Å²) in [7, 11) is 0. The fourth-order valence-electron chi connectivity index (χ4n) is 2.92. The van der Waals surface area contributed by atoms with E-state index in [9.17, 15) is 4.79 Å². The lowest BCUT2D eigenvalue weighted by Gasteiger charge is -2.18. The van der Waals surface area contributed by atoms with Crippen LogP contribution in [0.15, 0.2) is 78.9 Å². The van der Waals surface area contributed by atoms with Crippen molar-refractivity contribution in [3.8, 4) is 0 Å².